The highest BCUT2D eigenvalue weighted by Gasteiger charge is 2.31. The number of sulfonamides is 1. The van der Waals surface area contributed by atoms with Crippen LogP contribution in [-0.2, 0) is 27.5 Å². The number of amides is 1. The van der Waals surface area contributed by atoms with E-state index in [1.165, 1.54) is 16.4 Å². The predicted molar refractivity (Wildman–Crippen MR) is 168 cm³/mol. The third kappa shape index (κ3) is 9.54. The Labute approximate surface area is 264 Å². The molecule has 1 unspecified atom stereocenters. The molecule has 3 aromatic rings. The van der Waals surface area contributed by atoms with E-state index in [1.54, 1.807) is 42.3 Å². The molecule has 0 aromatic heterocycles. The molecule has 1 atom stereocenters. The largest absolute Gasteiger partial charge is 0.445 e. The van der Waals surface area contributed by atoms with E-state index in [0.717, 1.165) is 63.0 Å². The zero-order chi connectivity index (χ0) is 32.5. The normalized spacial score (nSPS) is 15.6. The first-order valence-electron chi connectivity index (χ1n) is 15.4. The monoisotopic (exact) mass is 645 g/mol. The lowest BCUT2D eigenvalue weighted by Gasteiger charge is -2.38. The molecule has 0 radical (unpaired) electrons. The first-order valence-corrected chi connectivity index (χ1v) is 16.8. The predicted octanol–water partition coefficient (Wildman–Crippen LogP) is 7.01. The summed E-state index contributed by atoms with van der Waals surface area (Å²) < 4.78 is 72.0. The topological polar surface area (TPSA) is 70.2 Å². The molecule has 0 spiro atoms. The number of hydrogen-bond acceptors (Lipinski definition) is 5. The van der Waals surface area contributed by atoms with Gasteiger partial charge in [0.25, 0.3) is 0 Å². The second-order valence-electron chi connectivity index (χ2n) is 11.5. The molecule has 1 aliphatic heterocycles. The molecule has 45 heavy (non-hydrogen) atoms. The van der Waals surface area contributed by atoms with Crippen LogP contribution in [0.2, 0.25) is 0 Å². The fourth-order valence-electron chi connectivity index (χ4n) is 5.74. The molecule has 0 aliphatic carbocycles. The van der Waals surface area contributed by atoms with Crippen molar-refractivity contribution in [1.82, 2.24) is 14.1 Å². The van der Waals surface area contributed by atoms with Crippen molar-refractivity contribution in [3.05, 3.63) is 102 Å². The lowest BCUT2D eigenvalue weighted by atomic mass is 9.94. The van der Waals surface area contributed by atoms with E-state index in [1.807, 2.05) is 37.3 Å². The second-order valence-corrected chi connectivity index (χ2v) is 13.6. The maximum Gasteiger partial charge on any atom is 0.416 e. The summed E-state index contributed by atoms with van der Waals surface area (Å²) in [5.74, 6) is 0.00387. The van der Waals surface area contributed by atoms with Gasteiger partial charge in [0.15, 0.2) is 0 Å². The Hall–Kier alpha value is -3.41. The second kappa shape index (κ2) is 15.7. The van der Waals surface area contributed by atoms with Crippen LogP contribution in [0, 0.1) is 0 Å². The van der Waals surface area contributed by atoms with Gasteiger partial charge in [-0.2, -0.15) is 13.2 Å². The number of piperidine rings is 1. The average Bonchev–Trinajstić information content (AvgIpc) is 3.05. The van der Waals surface area contributed by atoms with Gasteiger partial charge in [-0.25, -0.2) is 17.5 Å². The minimum absolute atomic E-state index is 0.00387. The quantitative estimate of drug-likeness (QED) is 0.200. The molecule has 0 saturated carbocycles. The van der Waals surface area contributed by atoms with E-state index in [0.29, 0.717) is 18.7 Å². The SMILES string of the molecule is CCCN(C(=O)OCc1ccc(C(F)(F)F)cc1)C1CCN(CCC(CN(C)S(=O)(=O)c2ccccc2)c2ccccc2)CC1. The number of alkyl halides is 3. The highest BCUT2D eigenvalue weighted by Crippen LogP contribution is 2.29. The molecule has 0 N–H and O–H groups in total. The molecule has 0 bridgehead atoms. The summed E-state index contributed by atoms with van der Waals surface area (Å²) in [6.07, 6.45) is -1.79. The number of likely N-dealkylation sites (N-methyl/N-ethyl adjacent to an activating group) is 1. The van der Waals surface area contributed by atoms with E-state index >= 15 is 0 Å². The summed E-state index contributed by atoms with van der Waals surface area (Å²) in [6.45, 7) is 5.15. The number of benzene rings is 3. The highest BCUT2D eigenvalue weighted by molar-refractivity contribution is 7.89. The number of ether oxygens (including phenoxy) is 1. The molecular formula is C34H42F3N3O4S. The summed E-state index contributed by atoms with van der Waals surface area (Å²) >= 11 is 0. The Morgan fingerprint density at radius 2 is 1.56 bits per heavy atom. The Balaban J connectivity index is 1.31. The van der Waals surface area contributed by atoms with E-state index in [2.05, 4.69) is 4.90 Å². The molecule has 1 saturated heterocycles. The van der Waals surface area contributed by atoms with Gasteiger partial charge < -0.3 is 14.5 Å². The Morgan fingerprint density at radius 3 is 2.13 bits per heavy atom. The number of carbonyl (C=O) groups excluding carboxylic acids is 1. The van der Waals surface area contributed by atoms with Gasteiger partial charge in [0.1, 0.15) is 6.61 Å². The van der Waals surface area contributed by atoms with E-state index in [9.17, 15) is 26.4 Å². The van der Waals surface area contributed by atoms with Crippen molar-refractivity contribution < 1.29 is 31.1 Å². The van der Waals surface area contributed by atoms with Gasteiger partial charge in [-0.3, -0.25) is 0 Å². The lowest BCUT2D eigenvalue weighted by Crippen LogP contribution is -2.48. The summed E-state index contributed by atoms with van der Waals surface area (Å²) in [5.41, 5.74) is 0.849. The summed E-state index contributed by atoms with van der Waals surface area (Å²) in [5, 5.41) is 0. The molecule has 1 aliphatic rings. The van der Waals surface area contributed by atoms with Gasteiger partial charge in [-0.05, 0) is 73.5 Å². The third-order valence-electron chi connectivity index (χ3n) is 8.33. The van der Waals surface area contributed by atoms with Gasteiger partial charge in [0, 0.05) is 39.3 Å². The highest BCUT2D eigenvalue weighted by atomic mass is 32.2. The minimum atomic E-state index is -4.41. The van der Waals surface area contributed by atoms with Crippen molar-refractivity contribution in [3.63, 3.8) is 0 Å². The van der Waals surface area contributed by atoms with Crippen molar-refractivity contribution >= 4 is 16.1 Å². The lowest BCUT2D eigenvalue weighted by molar-refractivity contribution is -0.137. The van der Waals surface area contributed by atoms with Gasteiger partial charge in [-0.15, -0.1) is 0 Å². The van der Waals surface area contributed by atoms with Crippen LogP contribution in [0.25, 0.3) is 0 Å². The Kier molecular flexibility index (Phi) is 12.0. The Bertz CT molecular complexity index is 1450. The minimum Gasteiger partial charge on any atom is -0.445 e. The van der Waals surface area contributed by atoms with Gasteiger partial charge >= 0.3 is 12.3 Å². The van der Waals surface area contributed by atoms with Crippen LogP contribution in [-0.4, -0.2) is 74.4 Å². The van der Waals surface area contributed by atoms with Gasteiger partial charge in [0.05, 0.1) is 10.5 Å². The van der Waals surface area contributed by atoms with Crippen LogP contribution in [0.4, 0.5) is 18.0 Å². The van der Waals surface area contributed by atoms with Crippen molar-refractivity contribution in [3.8, 4) is 0 Å². The number of carbonyl (C=O) groups is 1. The molecule has 1 heterocycles. The molecule has 11 heteroatoms. The van der Waals surface area contributed by atoms with Crippen LogP contribution in [0.15, 0.2) is 89.8 Å². The number of halogens is 3. The van der Waals surface area contributed by atoms with E-state index < -0.39 is 27.9 Å². The van der Waals surface area contributed by atoms with Crippen molar-refractivity contribution in [2.24, 2.45) is 0 Å². The molecule has 4 rings (SSSR count). The zero-order valence-corrected chi connectivity index (χ0v) is 26.6. The molecular weight excluding hydrogens is 603 g/mol. The van der Waals surface area contributed by atoms with Crippen LogP contribution in [0.1, 0.15) is 55.2 Å². The van der Waals surface area contributed by atoms with E-state index in [4.69, 9.17) is 4.74 Å². The van der Waals surface area contributed by atoms with Crippen molar-refractivity contribution in [2.45, 2.75) is 62.2 Å². The fraction of sp³-hybridized carbons (Fsp3) is 0.441. The zero-order valence-electron chi connectivity index (χ0n) is 25.8. The summed E-state index contributed by atoms with van der Waals surface area (Å²) in [7, 11) is -1.99. The molecule has 1 amide bonds. The first-order chi connectivity index (χ1) is 21.5. The third-order valence-corrected chi connectivity index (χ3v) is 10.2. The fourth-order valence-corrected chi connectivity index (χ4v) is 6.98. The summed E-state index contributed by atoms with van der Waals surface area (Å²) in [4.78, 5) is 17.4. The summed E-state index contributed by atoms with van der Waals surface area (Å²) in [6, 6.07) is 23.1. The first kappa shape index (κ1) is 34.5. The number of nitrogens with zero attached hydrogens (tertiary/aromatic N) is 3. The van der Waals surface area contributed by atoms with Gasteiger partial charge in [0.2, 0.25) is 10.0 Å². The van der Waals surface area contributed by atoms with Crippen LogP contribution in [0.3, 0.4) is 0 Å². The molecule has 244 valence electrons. The molecule has 3 aromatic carbocycles. The van der Waals surface area contributed by atoms with Crippen LogP contribution >= 0.6 is 0 Å². The Morgan fingerprint density at radius 1 is 0.956 bits per heavy atom. The van der Waals surface area contributed by atoms with Crippen molar-refractivity contribution in [1.29, 1.82) is 0 Å². The van der Waals surface area contributed by atoms with E-state index in [-0.39, 0.29) is 23.5 Å². The maximum absolute atomic E-state index is 13.2. The smallest absolute Gasteiger partial charge is 0.416 e. The maximum atomic E-state index is 13.2. The average molecular weight is 646 g/mol. The van der Waals surface area contributed by atoms with Gasteiger partial charge in [-0.1, -0.05) is 67.6 Å². The number of likely N-dealkylation sites (tertiary alicyclic amines) is 1. The molecule has 7 nitrogen and oxygen atoms in total. The number of rotatable bonds is 13. The van der Waals surface area contributed by atoms with Crippen molar-refractivity contribution in [2.75, 3.05) is 39.8 Å². The standard InChI is InChI=1S/C34H42F3N3O4S/c1-3-21-40(33(41)44-26-27-14-16-30(17-15-27)34(35,36)37)31-19-23-39(24-20-31)22-18-29(28-10-6-4-7-11-28)25-38(2)45(42,43)32-12-8-5-9-13-32/h4-17,29,31H,3,18-26H2,1-2H3. The molecule has 1 fully saturated rings. The van der Waals surface area contributed by atoms with Crippen LogP contribution in [0.5, 0.6) is 0 Å². The number of hydrogen-bond donors (Lipinski definition) is 0. The van der Waals surface area contributed by atoms with Crippen LogP contribution < -0.4 is 0 Å².